The highest BCUT2D eigenvalue weighted by atomic mass is 16.8. The van der Waals surface area contributed by atoms with Crippen LogP contribution in [0.25, 0.3) is 0 Å². The van der Waals surface area contributed by atoms with Gasteiger partial charge in [0.05, 0.1) is 58.0 Å². The van der Waals surface area contributed by atoms with Gasteiger partial charge in [-0.2, -0.15) is 0 Å². The second-order valence-electron chi connectivity index (χ2n) is 16.3. The fourth-order valence-corrected chi connectivity index (χ4v) is 8.16. The van der Waals surface area contributed by atoms with Gasteiger partial charge in [0, 0.05) is 12.5 Å². The number of ether oxygens (including phenoxy) is 9. The maximum atomic E-state index is 11.2. The van der Waals surface area contributed by atoms with Gasteiger partial charge in [0.2, 0.25) is 0 Å². The molecule has 0 spiro atoms. The van der Waals surface area contributed by atoms with Gasteiger partial charge in [0.25, 0.3) is 0 Å². The van der Waals surface area contributed by atoms with E-state index >= 15 is 0 Å². The molecule has 1 saturated carbocycles. The van der Waals surface area contributed by atoms with Gasteiger partial charge in [-0.3, -0.25) is 0 Å². The summed E-state index contributed by atoms with van der Waals surface area (Å²) < 4.78 is 50.6. The Morgan fingerprint density at radius 2 is 0.889 bits per heavy atom. The summed E-state index contributed by atoms with van der Waals surface area (Å²) in [5, 5.41) is 187. The van der Waals surface area contributed by atoms with Gasteiger partial charge >= 0.3 is 0 Å². The Bertz CT molecular complexity index is 1350. The molecule has 0 aromatic carbocycles. The lowest BCUT2D eigenvalue weighted by Gasteiger charge is -2.48. The maximum absolute atomic E-state index is 11.2. The third-order valence-electron chi connectivity index (χ3n) is 12.2. The van der Waals surface area contributed by atoms with E-state index in [1.165, 1.54) is 6.92 Å². The number of aliphatic hydroxyl groups excluding tert-OH is 18. The summed E-state index contributed by atoms with van der Waals surface area (Å²) in [6, 6.07) is 0. The average Bonchev–Trinajstić information content (AvgIpc) is 3.91. The molecule has 25 unspecified atom stereocenters. The fourth-order valence-electron chi connectivity index (χ4n) is 8.16. The van der Waals surface area contributed by atoms with E-state index in [-0.39, 0.29) is 13.0 Å². The third-order valence-corrected chi connectivity index (χ3v) is 12.2. The zero-order valence-corrected chi connectivity index (χ0v) is 34.0. The van der Waals surface area contributed by atoms with Crippen molar-refractivity contribution < 1.29 is 135 Å². The van der Waals surface area contributed by atoms with Gasteiger partial charge in [0.15, 0.2) is 25.2 Å². The molecule has 5 aliphatic rings. The van der Waals surface area contributed by atoms with Gasteiger partial charge in [-0.15, -0.1) is 0 Å². The van der Waals surface area contributed by atoms with E-state index in [2.05, 4.69) is 0 Å². The van der Waals surface area contributed by atoms with Crippen molar-refractivity contribution >= 4 is 0 Å². The normalized spacial score (nSPS) is 47.8. The fraction of sp³-hybridized carbons (Fsp3) is 1.00. The van der Waals surface area contributed by atoms with Gasteiger partial charge in [0.1, 0.15) is 110 Å². The van der Waals surface area contributed by atoms with E-state index in [1.807, 2.05) is 0 Å². The van der Waals surface area contributed by atoms with Crippen LogP contribution in [0.2, 0.25) is 0 Å². The molecule has 370 valence electrons. The molecule has 4 heterocycles. The Balaban J connectivity index is 1.21. The molecule has 4 aliphatic heterocycles. The molecule has 0 aromatic rings. The molecule has 27 heteroatoms. The van der Waals surface area contributed by atoms with E-state index < -0.39 is 205 Å². The highest BCUT2D eigenvalue weighted by Gasteiger charge is 2.56. The number of rotatable bonds is 21. The molecule has 63 heavy (non-hydrogen) atoms. The Labute approximate surface area is 359 Å². The Morgan fingerprint density at radius 3 is 1.38 bits per heavy atom. The second kappa shape index (κ2) is 23.3. The van der Waals surface area contributed by atoms with Gasteiger partial charge in [-0.1, -0.05) is 0 Å². The van der Waals surface area contributed by atoms with Crippen molar-refractivity contribution in [1.29, 1.82) is 0 Å². The molecular formula is C36H64O27. The van der Waals surface area contributed by atoms with E-state index in [9.17, 15) is 91.9 Å². The van der Waals surface area contributed by atoms with Crippen molar-refractivity contribution in [2.24, 2.45) is 11.8 Å². The van der Waals surface area contributed by atoms with E-state index in [4.69, 9.17) is 42.6 Å². The van der Waals surface area contributed by atoms with E-state index in [1.54, 1.807) is 0 Å². The van der Waals surface area contributed by atoms with Crippen LogP contribution in [0.3, 0.4) is 0 Å². The monoisotopic (exact) mass is 928 g/mol. The first-order valence-electron chi connectivity index (χ1n) is 20.5. The van der Waals surface area contributed by atoms with Gasteiger partial charge in [-0.25, -0.2) is 0 Å². The Morgan fingerprint density at radius 1 is 0.429 bits per heavy atom. The number of hydrogen-bond acceptors (Lipinski definition) is 27. The summed E-state index contributed by atoms with van der Waals surface area (Å²) in [7, 11) is 0. The van der Waals surface area contributed by atoms with Crippen LogP contribution in [0.4, 0.5) is 0 Å². The summed E-state index contributed by atoms with van der Waals surface area (Å²) >= 11 is 0. The average molecular weight is 929 g/mol. The maximum Gasteiger partial charge on any atom is 0.187 e. The smallest absolute Gasteiger partial charge is 0.187 e. The molecular weight excluding hydrogens is 864 g/mol. The van der Waals surface area contributed by atoms with Crippen LogP contribution in [0, 0.1) is 11.8 Å². The SMILES string of the molecule is C[C@H](OC1OC(CO)C(O)C(O)C1O)C(CO)OC(OC1C(CO)OC(OC2C(CO)OC(OC3C(CO)OC(CC4C(O)C4CO)C(O)C3O)C(O)C2O)C(O)C1O)[C@@H](O)CO. The van der Waals surface area contributed by atoms with Crippen molar-refractivity contribution in [2.45, 2.75) is 167 Å². The molecule has 5 fully saturated rings. The predicted octanol–water partition coefficient (Wildman–Crippen LogP) is -11.2. The van der Waals surface area contributed by atoms with Crippen molar-refractivity contribution in [3.8, 4) is 0 Å². The molecule has 1 aliphatic carbocycles. The van der Waals surface area contributed by atoms with Crippen LogP contribution in [-0.4, -0.2) is 292 Å². The molecule has 0 bridgehead atoms. The summed E-state index contributed by atoms with van der Waals surface area (Å²) in [4.78, 5) is 0. The minimum absolute atomic E-state index is 0.0174. The molecule has 27 nitrogen and oxygen atoms in total. The quantitative estimate of drug-likeness (QED) is 0.0475. The first-order valence-corrected chi connectivity index (χ1v) is 20.5. The molecule has 0 radical (unpaired) electrons. The molecule has 0 amide bonds. The Kier molecular flexibility index (Phi) is 19.5. The van der Waals surface area contributed by atoms with E-state index in [0.29, 0.717) is 0 Å². The minimum Gasteiger partial charge on any atom is -0.396 e. The molecule has 27 atom stereocenters. The predicted molar refractivity (Wildman–Crippen MR) is 196 cm³/mol. The summed E-state index contributed by atoms with van der Waals surface area (Å²) in [5.41, 5.74) is 0. The van der Waals surface area contributed by atoms with Crippen LogP contribution in [0.15, 0.2) is 0 Å². The van der Waals surface area contributed by atoms with Crippen LogP contribution in [-0.2, 0) is 42.6 Å². The van der Waals surface area contributed by atoms with Crippen molar-refractivity contribution in [2.75, 3.05) is 46.2 Å². The number of hydrogen-bond donors (Lipinski definition) is 18. The third kappa shape index (κ3) is 11.6. The minimum atomic E-state index is -2.14. The van der Waals surface area contributed by atoms with Crippen molar-refractivity contribution in [1.82, 2.24) is 0 Å². The standard InChI is InChI=1S/C36H64O27/c1-10(55-34-27(52)23(48)22(47)16(6-40)58-34)15(5-39)57-33(13(44)4-38)61-31-18(8-42)59-36(28(53)25(31)50)63-32-19(9-43)60-35(29(54)26(32)51)62-30-17(7-41)56-14(21(46)24(30)49)2-11-12(3-37)20(11)45/h10-54H,2-9H2,1H3/t10-,11?,12?,13-,14?,15?,16?,17?,18?,19?,20?,21?,22?,23?,24?,25?,26?,27?,28?,29?,30?,31?,32?,33?,34?,35?,36?/m0/s1. The zero-order chi connectivity index (χ0) is 46.6. The van der Waals surface area contributed by atoms with Crippen LogP contribution >= 0.6 is 0 Å². The van der Waals surface area contributed by atoms with Gasteiger partial charge in [-0.05, 0) is 19.3 Å². The van der Waals surface area contributed by atoms with E-state index in [0.717, 1.165) is 0 Å². The molecule has 4 saturated heterocycles. The highest BCUT2D eigenvalue weighted by Crippen LogP contribution is 2.44. The van der Waals surface area contributed by atoms with Crippen LogP contribution in [0.1, 0.15) is 13.3 Å². The lowest BCUT2D eigenvalue weighted by Crippen LogP contribution is -2.67. The summed E-state index contributed by atoms with van der Waals surface area (Å²) in [6.07, 6.45) is -42.5. The van der Waals surface area contributed by atoms with Crippen LogP contribution < -0.4 is 0 Å². The first kappa shape index (κ1) is 52.9. The topological polar surface area (TPSA) is 447 Å². The summed E-state index contributed by atoms with van der Waals surface area (Å²) in [5.74, 6) is -0.899. The van der Waals surface area contributed by atoms with Crippen molar-refractivity contribution in [3.63, 3.8) is 0 Å². The molecule has 0 aromatic heterocycles. The first-order chi connectivity index (χ1) is 29.9. The summed E-state index contributed by atoms with van der Waals surface area (Å²) in [6.45, 7) is -4.46. The lowest BCUT2D eigenvalue weighted by molar-refractivity contribution is -0.381. The molecule has 18 N–H and O–H groups in total. The zero-order valence-electron chi connectivity index (χ0n) is 34.0. The number of aliphatic hydroxyl groups is 18. The Hall–Kier alpha value is -1.08. The molecule has 5 rings (SSSR count). The van der Waals surface area contributed by atoms with Crippen molar-refractivity contribution in [3.05, 3.63) is 0 Å². The largest absolute Gasteiger partial charge is 0.396 e. The highest BCUT2D eigenvalue weighted by molar-refractivity contribution is 5.03. The second-order valence-corrected chi connectivity index (χ2v) is 16.3. The van der Waals surface area contributed by atoms with Crippen LogP contribution in [0.5, 0.6) is 0 Å². The van der Waals surface area contributed by atoms with Gasteiger partial charge < -0.3 is 135 Å². The lowest BCUT2D eigenvalue weighted by atomic mass is 9.91.